The minimum Gasteiger partial charge on any atom is -0.465 e. The predicted molar refractivity (Wildman–Crippen MR) is 56.0 cm³/mol. The number of carbonyl (C=O) groups is 1. The van der Waals surface area contributed by atoms with Crippen molar-refractivity contribution in [2.75, 3.05) is 0 Å². The first kappa shape index (κ1) is 10.8. The number of carbonyl (C=O) groups excluding carboxylic acids is 1. The summed E-state index contributed by atoms with van der Waals surface area (Å²) in [5.74, 6) is 0. The van der Waals surface area contributed by atoms with Crippen LogP contribution in [-0.2, 0) is 16.0 Å². The van der Waals surface area contributed by atoms with Gasteiger partial charge in [-0.25, -0.2) is 0 Å². The Hall–Kier alpha value is -1.31. The maximum Gasteiger partial charge on any atom is 0.293 e. The molecule has 0 aromatic heterocycles. The standard InChI is InChI=1S/C12H16O2/c1-2-12(14-10-13)9-8-11-6-4-3-5-7-11/h3-7,10,12H,2,8-9H2,1H3/t12-/m0/s1. The third-order valence-electron chi connectivity index (χ3n) is 2.30. The van der Waals surface area contributed by atoms with Crippen molar-refractivity contribution in [1.82, 2.24) is 0 Å². The van der Waals surface area contributed by atoms with E-state index in [1.165, 1.54) is 5.56 Å². The van der Waals surface area contributed by atoms with Crippen LogP contribution in [0.3, 0.4) is 0 Å². The zero-order valence-corrected chi connectivity index (χ0v) is 8.48. The van der Waals surface area contributed by atoms with Crippen molar-refractivity contribution in [1.29, 1.82) is 0 Å². The summed E-state index contributed by atoms with van der Waals surface area (Å²) in [4.78, 5) is 10.2. The molecule has 0 aliphatic rings. The molecule has 0 fully saturated rings. The van der Waals surface area contributed by atoms with Gasteiger partial charge in [-0.3, -0.25) is 4.79 Å². The molecule has 0 heterocycles. The Balaban J connectivity index is 2.35. The van der Waals surface area contributed by atoms with Gasteiger partial charge in [-0.15, -0.1) is 0 Å². The molecular formula is C12H16O2. The van der Waals surface area contributed by atoms with Gasteiger partial charge in [0, 0.05) is 0 Å². The maximum atomic E-state index is 10.2. The number of hydrogen-bond donors (Lipinski definition) is 0. The molecule has 2 nitrogen and oxygen atoms in total. The Kier molecular flexibility index (Phi) is 4.76. The molecule has 14 heavy (non-hydrogen) atoms. The fourth-order valence-corrected chi connectivity index (χ4v) is 1.42. The number of ether oxygens (including phenoxy) is 1. The van der Waals surface area contributed by atoms with E-state index in [1.807, 2.05) is 25.1 Å². The molecule has 0 amide bonds. The van der Waals surface area contributed by atoms with Crippen LogP contribution in [0.15, 0.2) is 30.3 Å². The van der Waals surface area contributed by atoms with E-state index in [1.54, 1.807) is 0 Å². The van der Waals surface area contributed by atoms with Crippen LogP contribution in [0, 0.1) is 0 Å². The molecule has 0 aliphatic carbocycles. The molecule has 1 aromatic carbocycles. The van der Waals surface area contributed by atoms with Gasteiger partial charge in [0.05, 0.1) is 0 Å². The van der Waals surface area contributed by atoms with Crippen LogP contribution < -0.4 is 0 Å². The number of rotatable bonds is 6. The van der Waals surface area contributed by atoms with Crippen LogP contribution in [0.25, 0.3) is 0 Å². The molecule has 0 radical (unpaired) electrons. The van der Waals surface area contributed by atoms with E-state index in [4.69, 9.17) is 4.74 Å². The number of aryl methyl sites for hydroxylation is 1. The van der Waals surface area contributed by atoms with Gasteiger partial charge in [-0.1, -0.05) is 37.3 Å². The Morgan fingerprint density at radius 3 is 2.64 bits per heavy atom. The molecule has 0 aliphatic heterocycles. The van der Waals surface area contributed by atoms with Crippen LogP contribution in [0.1, 0.15) is 25.3 Å². The van der Waals surface area contributed by atoms with Gasteiger partial charge in [0.15, 0.2) is 0 Å². The first-order valence-electron chi connectivity index (χ1n) is 4.99. The van der Waals surface area contributed by atoms with Crippen molar-refractivity contribution in [2.45, 2.75) is 32.3 Å². The second-order valence-electron chi connectivity index (χ2n) is 3.29. The molecule has 0 N–H and O–H groups in total. The van der Waals surface area contributed by atoms with Crippen molar-refractivity contribution in [3.63, 3.8) is 0 Å². The highest BCUT2D eigenvalue weighted by Gasteiger charge is 2.05. The van der Waals surface area contributed by atoms with E-state index in [0.29, 0.717) is 6.47 Å². The van der Waals surface area contributed by atoms with E-state index < -0.39 is 0 Å². The molecule has 0 unspecified atom stereocenters. The topological polar surface area (TPSA) is 26.3 Å². The normalized spacial score (nSPS) is 12.1. The highest BCUT2D eigenvalue weighted by atomic mass is 16.5. The predicted octanol–water partition coefficient (Wildman–Crippen LogP) is 2.57. The maximum absolute atomic E-state index is 10.2. The zero-order valence-electron chi connectivity index (χ0n) is 8.48. The number of benzene rings is 1. The molecule has 1 rings (SSSR count). The van der Waals surface area contributed by atoms with E-state index in [2.05, 4.69) is 12.1 Å². The second-order valence-corrected chi connectivity index (χ2v) is 3.29. The van der Waals surface area contributed by atoms with Gasteiger partial charge in [0.1, 0.15) is 6.10 Å². The third-order valence-corrected chi connectivity index (χ3v) is 2.30. The summed E-state index contributed by atoms with van der Waals surface area (Å²) in [6.45, 7) is 2.57. The highest BCUT2D eigenvalue weighted by molar-refractivity contribution is 5.37. The fraction of sp³-hybridized carbons (Fsp3) is 0.417. The minimum absolute atomic E-state index is 0.0627. The SMILES string of the molecule is CC[C@@H](CCc1ccccc1)OC=O. The lowest BCUT2D eigenvalue weighted by Gasteiger charge is -2.12. The average molecular weight is 192 g/mol. The summed E-state index contributed by atoms with van der Waals surface area (Å²) in [6.07, 6.45) is 2.81. The van der Waals surface area contributed by atoms with Crippen LogP contribution in [-0.4, -0.2) is 12.6 Å². The summed E-state index contributed by atoms with van der Waals surface area (Å²) >= 11 is 0. The highest BCUT2D eigenvalue weighted by Crippen LogP contribution is 2.08. The molecule has 0 bridgehead atoms. The van der Waals surface area contributed by atoms with Crippen LogP contribution in [0.5, 0.6) is 0 Å². The van der Waals surface area contributed by atoms with Crippen molar-refractivity contribution < 1.29 is 9.53 Å². The number of hydrogen-bond acceptors (Lipinski definition) is 2. The van der Waals surface area contributed by atoms with Crippen LogP contribution in [0.2, 0.25) is 0 Å². The molecule has 0 saturated heterocycles. The molecule has 1 atom stereocenters. The fourth-order valence-electron chi connectivity index (χ4n) is 1.42. The Bertz CT molecular complexity index is 256. The monoisotopic (exact) mass is 192 g/mol. The van der Waals surface area contributed by atoms with E-state index >= 15 is 0 Å². The summed E-state index contributed by atoms with van der Waals surface area (Å²) < 4.78 is 4.93. The van der Waals surface area contributed by atoms with E-state index in [-0.39, 0.29) is 6.10 Å². The summed E-state index contributed by atoms with van der Waals surface area (Å²) in [7, 11) is 0. The Labute approximate surface area is 84.9 Å². The van der Waals surface area contributed by atoms with Gasteiger partial charge >= 0.3 is 0 Å². The van der Waals surface area contributed by atoms with Crippen molar-refractivity contribution in [3.05, 3.63) is 35.9 Å². The smallest absolute Gasteiger partial charge is 0.293 e. The van der Waals surface area contributed by atoms with Crippen LogP contribution in [0.4, 0.5) is 0 Å². The van der Waals surface area contributed by atoms with Crippen molar-refractivity contribution in [2.24, 2.45) is 0 Å². The third kappa shape index (κ3) is 3.60. The molecule has 0 saturated carbocycles. The Morgan fingerprint density at radius 2 is 2.07 bits per heavy atom. The van der Waals surface area contributed by atoms with Crippen molar-refractivity contribution in [3.8, 4) is 0 Å². The Morgan fingerprint density at radius 1 is 1.36 bits per heavy atom. The zero-order chi connectivity index (χ0) is 10.2. The summed E-state index contributed by atoms with van der Waals surface area (Å²) in [5.41, 5.74) is 1.29. The lowest BCUT2D eigenvalue weighted by molar-refractivity contribution is -0.133. The molecule has 76 valence electrons. The lowest BCUT2D eigenvalue weighted by Crippen LogP contribution is -2.11. The molecule has 1 aromatic rings. The van der Waals surface area contributed by atoms with Crippen molar-refractivity contribution >= 4 is 6.47 Å². The van der Waals surface area contributed by atoms with E-state index in [9.17, 15) is 4.79 Å². The van der Waals surface area contributed by atoms with Gasteiger partial charge < -0.3 is 4.74 Å². The van der Waals surface area contributed by atoms with Gasteiger partial charge in [-0.05, 0) is 24.8 Å². The summed E-state index contributed by atoms with van der Waals surface area (Å²) in [5, 5.41) is 0. The lowest BCUT2D eigenvalue weighted by atomic mass is 10.1. The van der Waals surface area contributed by atoms with Gasteiger partial charge in [0.25, 0.3) is 6.47 Å². The first-order chi connectivity index (χ1) is 6.86. The average Bonchev–Trinajstić information content (AvgIpc) is 2.25. The van der Waals surface area contributed by atoms with Gasteiger partial charge in [0.2, 0.25) is 0 Å². The minimum atomic E-state index is 0.0627. The largest absolute Gasteiger partial charge is 0.465 e. The van der Waals surface area contributed by atoms with E-state index in [0.717, 1.165) is 19.3 Å². The molecular weight excluding hydrogens is 176 g/mol. The van der Waals surface area contributed by atoms with Gasteiger partial charge in [-0.2, -0.15) is 0 Å². The first-order valence-corrected chi connectivity index (χ1v) is 4.99. The van der Waals surface area contributed by atoms with Crippen LogP contribution >= 0.6 is 0 Å². The summed E-state index contributed by atoms with van der Waals surface area (Å²) in [6, 6.07) is 10.2. The quantitative estimate of drug-likeness (QED) is 0.647. The second kappa shape index (κ2) is 6.19. The molecule has 2 heteroatoms. The molecule has 0 spiro atoms.